The van der Waals surface area contributed by atoms with E-state index in [1.54, 1.807) is 30.0 Å². The summed E-state index contributed by atoms with van der Waals surface area (Å²) in [7, 11) is 0. The second-order valence-electron chi connectivity index (χ2n) is 5.28. The number of amides is 1. The largest absolute Gasteiger partial charge is 0.481 e. The van der Waals surface area contributed by atoms with Gasteiger partial charge in [0.05, 0.1) is 5.92 Å². The molecule has 0 bridgehead atoms. The van der Waals surface area contributed by atoms with Gasteiger partial charge >= 0.3 is 5.97 Å². The minimum absolute atomic E-state index is 0.189. The third-order valence-corrected chi connectivity index (χ3v) is 4.06. The number of likely N-dealkylation sites (tertiary alicyclic amines) is 1. The van der Waals surface area contributed by atoms with E-state index in [2.05, 4.69) is 0 Å². The van der Waals surface area contributed by atoms with E-state index >= 15 is 0 Å². The third-order valence-electron chi connectivity index (χ3n) is 3.64. The third kappa shape index (κ3) is 3.67. The molecule has 0 radical (unpaired) electrons. The standard InChI is InChI=1S/C15H18ClNO4/c1-9-7-12(3-4-13(9)16)21-10(2)14(18)17-6-5-11(8-17)15(19)20/h3-4,7,10-11H,5-6,8H2,1-2H3,(H,19,20). The Bertz CT molecular complexity index is 561. The highest BCUT2D eigenvalue weighted by Gasteiger charge is 2.33. The summed E-state index contributed by atoms with van der Waals surface area (Å²) < 4.78 is 5.62. The topological polar surface area (TPSA) is 66.8 Å². The number of carboxylic acids is 1. The van der Waals surface area contributed by atoms with Gasteiger partial charge < -0.3 is 14.7 Å². The first-order valence-corrected chi connectivity index (χ1v) is 7.20. The van der Waals surface area contributed by atoms with Crippen molar-refractivity contribution in [3.05, 3.63) is 28.8 Å². The lowest BCUT2D eigenvalue weighted by Gasteiger charge is -2.21. The van der Waals surface area contributed by atoms with Gasteiger partial charge in [-0.25, -0.2) is 0 Å². The number of hydrogen-bond acceptors (Lipinski definition) is 3. The van der Waals surface area contributed by atoms with Gasteiger partial charge in [-0.3, -0.25) is 9.59 Å². The molecule has 21 heavy (non-hydrogen) atoms. The molecule has 114 valence electrons. The van der Waals surface area contributed by atoms with Gasteiger partial charge in [-0.1, -0.05) is 11.6 Å². The fourth-order valence-corrected chi connectivity index (χ4v) is 2.48. The van der Waals surface area contributed by atoms with E-state index in [9.17, 15) is 9.59 Å². The van der Waals surface area contributed by atoms with Crippen LogP contribution >= 0.6 is 11.6 Å². The molecule has 1 aliphatic rings. The van der Waals surface area contributed by atoms with Crippen molar-refractivity contribution in [2.24, 2.45) is 5.92 Å². The molecule has 2 atom stereocenters. The van der Waals surface area contributed by atoms with Gasteiger partial charge in [0.15, 0.2) is 6.10 Å². The summed E-state index contributed by atoms with van der Waals surface area (Å²) in [6.07, 6.45) is -0.161. The van der Waals surface area contributed by atoms with Gasteiger partial charge in [-0.15, -0.1) is 0 Å². The number of aryl methyl sites for hydroxylation is 1. The summed E-state index contributed by atoms with van der Waals surface area (Å²) in [5.41, 5.74) is 0.876. The first kappa shape index (κ1) is 15.6. The monoisotopic (exact) mass is 311 g/mol. The Balaban J connectivity index is 1.96. The van der Waals surface area contributed by atoms with Crippen molar-refractivity contribution >= 4 is 23.5 Å². The molecule has 1 aromatic rings. The number of carboxylic acid groups (broad SMARTS) is 1. The molecule has 0 saturated carbocycles. The van der Waals surface area contributed by atoms with Crippen LogP contribution in [-0.2, 0) is 9.59 Å². The van der Waals surface area contributed by atoms with Crippen molar-refractivity contribution < 1.29 is 19.4 Å². The fraction of sp³-hybridized carbons (Fsp3) is 0.467. The molecule has 1 fully saturated rings. The van der Waals surface area contributed by atoms with Crippen molar-refractivity contribution in [3.8, 4) is 5.75 Å². The van der Waals surface area contributed by atoms with Crippen molar-refractivity contribution in [1.29, 1.82) is 0 Å². The molecule has 2 unspecified atom stereocenters. The molecule has 1 aromatic carbocycles. The lowest BCUT2D eigenvalue weighted by molar-refractivity contribution is -0.142. The smallest absolute Gasteiger partial charge is 0.308 e. The number of carbonyl (C=O) groups is 2. The maximum atomic E-state index is 12.3. The number of hydrogen-bond donors (Lipinski definition) is 1. The zero-order chi connectivity index (χ0) is 15.6. The summed E-state index contributed by atoms with van der Waals surface area (Å²) in [5, 5.41) is 9.61. The molecule has 0 spiro atoms. The second kappa shape index (κ2) is 6.35. The summed E-state index contributed by atoms with van der Waals surface area (Å²) in [4.78, 5) is 24.7. The molecule has 1 amide bonds. The number of rotatable bonds is 4. The van der Waals surface area contributed by atoms with E-state index in [4.69, 9.17) is 21.4 Å². The number of halogens is 1. The van der Waals surface area contributed by atoms with Gasteiger partial charge in [0.25, 0.3) is 5.91 Å². The first-order valence-electron chi connectivity index (χ1n) is 6.83. The maximum absolute atomic E-state index is 12.3. The minimum Gasteiger partial charge on any atom is -0.481 e. The van der Waals surface area contributed by atoms with E-state index in [-0.39, 0.29) is 12.5 Å². The zero-order valence-corrected chi connectivity index (χ0v) is 12.8. The van der Waals surface area contributed by atoms with E-state index in [0.717, 1.165) is 5.56 Å². The molecular weight excluding hydrogens is 294 g/mol. The fourth-order valence-electron chi connectivity index (χ4n) is 2.36. The lowest BCUT2D eigenvalue weighted by Crippen LogP contribution is -2.39. The molecule has 6 heteroatoms. The number of aliphatic carboxylic acids is 1. The predicted octanol–water partition coefficient (Wildman–Crippen LogP) is 2.35. The van der Waals surface area contributed by atoms with Gasteiger partial charge in [0, 0.05) is 18.1 Å². The van der Waals surface area contributed by atoms with Crippen LogP contribution in [0.4, 0.5) is 0 Å². The van der Waals surface area contributed by atoms with Crippen molar-refractivity contribution in [3.63, 3.8) is 0 Å². The number of ether oxygens (including phenoxy) is 1. The van der Waals surface area contributed by atoms with E-state index < -0.39 is 18.0 Å². The van der Waals surface area contributed by atoms with Crippen LogP contribution in [-0.4, -0.2) is 41.1 Å². The van der Waals surface area contributed by atoms with Gasteiger partial charge in [-0.05, 0) is 44.0 Å². The number of benzene rings is 1. The highest BCUT2D eigenvalue weighted by atomic mass is 35.5. The quantitative estimate of drug-likeness (QED) is 0.927. The van der Waals surface area contributed by atoms with Gasteiger partial charge in [0.2, 0.25) is 0 Å². The van der Waals surface area contributed by atoms with E-state index in [1.807, 2.05) is 6.92 Å². The molecule has 1 N–H and O–H groups in total. The summed E-state index contributed by atoms with van der Waals surface area (Å²) >= 11 is 5.94. The minimum atomic E-state index is -0.854. The Kier molecular flexibility index (Phi) is 4.73. The molecule has 1 saturated heterocycles. The van der Waals surface area contributed by atoms with Crippen LogP contribution in [0.25, 0.3) is 0 Å². The molecule has 1 aliphatic heterocycles. The Labute approximate surface area is 128 Å². The van der Waals surface area contributed by atoms with Crippen molar-refractivity contribution in [2.45, 2.75) is 26.4 Å². The second-order valence-corrected chi connectivity index (χ2v) is 5.69. The predicted molar refractivity (Wildman–Crippen MR) is 78.6 cm³/mol. The van der Waals surface area contributed by atoms with Crippen LogP contribution in [0.15, 0.2) is 18.2 Å². The lowest BCUT2D eigenvalue weighted by atomic mass is 10.1. The van der Waals surface area contributed by atoms with E-state index in [1.165, 1.54) is 0 Å². The maximum Gasteiger partial charge on any atom is 0.308 e. The van der Waals surface area contributed by atoms with Crippen LogP contribution in [0.5, 0.6) is 5.75 Å². The van der Waals surface area contributed by atoms with Crippen LogP contribution in [0.3, 0.4) is 0 Å². The molecule has 0 aromatic heterocycles. The highest BCUT2D eigenvalue weighted by Crippen LogP contribution is 2.23. The van der Waals surface area contributed by atoms with Crippen molar-refractivity contribution in [1.82, 2.24) is 4.90 Å². The zero-order valence-electron chi connectivity index (χ0n) is 12.0. The summed E-state index contributed by atoms with van der Waals surface area (Å²) in [5.74, 6) is -0.941. The molecule has 0 aliphatic carbocycles. The van der Waals surface area contributed by atoms with Gasteiger partial charge in [-0.2, -0.15) is 0 Å². The van der Waals surface area contributed by atoms with E-state index in [0.29, 0.717) is 23.7 Å². The van der Waals surface area contributed by atoms with Crippen molar-refractivity contribution in [2.75, 3.05) is 13.1 Å². The molecular formula is C15H18ClNO4. The molecule has 2 rings (SSSR count). The highest BCUT2D eigenvalue weighted by molar-refractivity contribution is 6.31. The average Bonchev–Trinajstić information content (AvgIpc) is 2.92. The van der Waals surface area contributed by atoms with Crippen LogP contribution in [0.1, 0.15) is 18.9 Å². The normalized spacial score (nSPS) is 19.4. The SMILES string of the molecule is Cc1cc(OC(C)C(=O)N2CCC(C(=O)O)C2)ccc1Cl. The Hall–Kier alpha value is -1.75. The Morgan fingerprint density at radius 3 is 2.76 bits per heavy atom. The average molecular weight is 312 g/mol. The number of carbonyl (C=O) groups excluding carboxylic acids is 1. The van der Waals surface area contributed by atoms with Gasteiger partial charge in [0.1, 0.15) is 5.75 Å². The van der Waals surface area contributed by atoms with Crippen LogP contribution in [0, 0.1) is 12.8 Å². The first-order chi connectivity index (χ1) is 9.88. The summed E-state index contributed by atoms with van der Waals surface area (Å²) in [6, 6.07) is 5.21. The number of nitrogens with zero attached hydrogens (tertiary/aromatic N) is 1. The molecule has 1 heterocycles. The van der Waals surface area contributed by atoms with Crippen LogP contribution < -0.4 is 4.74 Å². The summed E-state index contributed by atoms with van der Waals surface area (Å²) in [6.45, 7) is 4.24. The van der Waals surface area contributed by atoms with Crippen LogP contribution in [0.2, 0.25) is 5.02 Å². The Morgan fingerprint density at radius 1 is 1.48 bits per heavy atom. The Morgan fingerprint density at radius 2 is 2.19 bits per heavy atom. The molecule has 5 nitrogen and oxygen atoms in total.